The maximum Gasteiger partial charge on any atom is 0.220 e. The van der Waals surface area contributed by atoms with Crippen LogP contribution in [-0.4, -0.2) is 31.7 Å². The Kier molecular flexibility index (Phi) is 8.57. The lowest BCUT2D eigenvalue weighted by molar-refractivity contribution is -0.121. The van der Waals surface area contributed by atoms with Crippen molar-refractivity contribution in [3.05, 3.63) is 0 Å². The van der Waals surface area contributed by atoms with Gasteiger partial charge in [0.05, 0.1) is 0 Å². The summed E-state index contributed by atoms with van der Waals surface area (Å²) >= 11 is 0. The van der Waals surface area contributed by atoms with Gasteiger partial charge in [0.25, 0.3) is 0 Å². The van der Waals surface area contributed by atoms with Crippen molar-refractivity contribution in [3.63, 3.8) is 0 Å². The van der Waals surface area contributed by atoms with Gasteiger partial charge in [0.1, 0.15) is 0 Å². The number of hydrogen-bond donors (Lipinski definition) is 2. The highest BCUT2D eigenvalue weighted by molar-refractivity contribution is 5.75. The van der Waals surface area contributed by atoms with Gasteiger partial charge in [-0.1, -0.05) is 6.92 Å². The summed E-state index contributed by atoms with van der Waals surface area (Å²) in [6, 6.07) is 0.0749. The number of nitrogens with two attached hydrogens (primary N) is 1. The van der Waals surface area contributed by atoms with Crippen LogP contribution in [0.1, 0.15) is 33.1 Å². The minimum atomic E-state index is 0.0635. The topological polar surface area (TPSA) is 64.3 Å². The maximum atomic E-state index is 11.2. The van der Waals surface area contributed by atoms with E-state index in [2.05, 4.69) is 5.32 Å². The third kappa shape index (κ3) is 8.01. The molecule has 1 amide bonds. The molecule has 0 heterocycles. The third-order valence-electron chi connectivity index (χ3n) is 1.98. The number of ether oxygens (including phenoxy) is 1. The van der Waals surface area contributed by atoms with Crippen LogP contribution >= 0.6 is 0 Å². The molecule has 0 aromatic heterocycles. The first kappa shape index (κ1) is 13.4. The lowest BCUT2D eigenvalue weighted by Gasteiger charge is -2.09. The van der Waals surface area contributed by atoms with E-state index in [0.717, 1.165) is 12.8 Å². The molecule has 0 aromatic rings. The largest absolute Gasteiger partial charge is 0.382 e. The summed E-state index contributed by atoms with van der Waals surface area (Å²) in [7, 11) is 0. The second-order valence-electron chi connectivity index (χ2n) is 3.27. The fourth-order valence-electron chi connectivity index (χ4n) is 0.957. The average Bonchev–Trinajstić information content (AvgIpc) is 2.21. The summed E-state index contributed by atoms with van der Waals surface area (Å²) in [5, 5.41) is 2.79. The van der Waals surface area contributed by atoms with Crippen molar-refractivity contribution < 1.29 is 9.53 Å². The zero-order valence-electron chi connectivity index (χ0n) is 9.21. The van der Waals surface area contributed by atoms with Crippen LogP contribution in [-0.2, 0) is 9.53 Å². The van der Waals surface area contributed by atoms with Crippen molar-refractivity contribution in [1.82, 2.24) is 5.32 Å². The molecule has 0 rings (SSSR count). The predicted molar refractivity (Wildman–Crippen MR) is 57.0 cm³/mol. The van der Waals surface area contributed by atoms with Crippen LogP contribution in [0.4, 0.5) is 0 Å². The third-order valence-corrected chi connectivity index (χ3v) is 1.98. The highest BCUT2D eigenvalue weighted by Crippen LogP contribution is 1.91. The molecule has 0 fully saturated rings. The van der Waals surface area contributed by atoms with Gasteiger partial charge in [0.15, 0.2) is 0 Å². The van der Waals surface area contributed by atoms with Crippen molar-refractivity contribution in [1.29, 1.82) is 0 Å². The van der Waals surface area contributed by atoms with Crippen LogP contribution in [0, 0.1) is 0 Å². The Bertz CT molecular complexity index is 151. The van der Waals surface area contributed by atoms with Crippen molar-refractivity contribution in [2.75, 3.05) is 19.8 Å². The zero-order valence-corrected chi connectivity index (χ0v) is 9.21. The minimum Gasteiger partial charge on any atom is -0.382 e. The standard InChI is InChI=1S/C10H22N2O2/c1-3-9(11)8-12-10(13)6-5-7-14-4-2/h9H,3-8,11H2,1-2H3,(H,12,13). The summed E-state index contributed by atoms with van der Waals surface area (Å²) in [5.41, 5.74) is 5.66. The van der Waals surface area contributed by atoms with Crippen LogP contribution < -0.4 is 11.1 Å². The number of carbonyl (C=O) groups is 1. The molecule has 14 heavy (non-hydrogen) atoms. The molecule has 0 aromatic carbocycles. The Morgan fingerprint density at radius 2 is 2.21 bits per heavy atom. The second kappa shape index (κ2) is 8.97. The molecule has 1 atom stereocenters. The van der Waals surface area contributed by atoms with Gasteiger partial charge in [-0.2, -0.15) is 0 Å². The zero-order chi connectivity index (χ0) is 10.8. The van der Waals surface area contributed by atoms with Gasteiger partial charge in [0.2, 0.25) is 5.91 Å². The monoisotopic (exact) mass is 202 g/mol. The van der Waals surface area contributed by atoms with Crippen LogP contribution in [0.15, 0.2) is 0 Å². The lowest BCUT2D eigenvalue weighted by Crippen LogP contribution is -2.36. The molecule has 84 valence electrons. The van der Waals surface area contributed by atoms with E-state index in [-0.39, 0.29) is 11.9 Å². The van der Waals surface area contributed by atoms with E-state index < -0.39 is 0 Å². The Morgan fingerprint density at radius 1 is 1.50 bits per heavy atom. The molecule has 0 spiro atoms. The van der Waals surface area contributed by atoms with E-state index in [4.69, 9.17) is 10.5 Å². The molecule has 0 saturated heterocycles. The summed E-state index contributed by atoms with van der Waals surface area (Å²) in [4.78, 5) is 11.2. The van der Waals surface area contributed by atoms with Crippen LogP contribution in [0.2, 0.25) is 0 Å². The van der Waals surface area contributed by atoms with E-state index >= 15 is 0 Å². The molecule has 0 aliphatic rings. The van der Waals surface area contributed by atoms with Crippen molar-refractivity contribution in [3.8, 4) is 0 Å². The summed E-state index contributed by atoms with van der Waals surface area (Å²) in [6.07, 6.45) is 2.19. The molecule has 0 bridgehead atoms. The molecule has 0 aliphatic carbocycles. The normalized spacial score (nSPS) is 12.5. The molecule has 4 heteroatoms. The van der Waals surface area contributed by atoms with Gasteiger partial charge in [0, 0.05) is 32.2 Å². The van der Waals surface area contributed by atoms with Crippen LogP contribution in [0.25, 0.3) is 0 Å². The molecule has 0 aliphatic heterocycles. The number of carbonyl (C=O) groups excluding carboxylic acids is 1. The van der Waals surface area contributed by atoms with Crippen LogP contribution in [0.5, 0.6) is 0 Å². The smallest absolute Gasteiger partial charge is 0.220 e. The summed E-state index contributed by atoms with van der Waals surface area (Å²) < 4.78 is 5.13. The summed E-state index contributed by atoms with van der Waals surface area (Å²) in [5.74, 6) is 0.0635. The van der Waals surface area contributed by atoms with E-state index in [9.17, 15) is 4.79 Å². The second-order valence-corrected chi connectivity index (χ2v) is 3.27. The first-order chi connectivity index (χ1) is 6.70. The van der Waals surface area contributed by atoms with Gasteiger partial charge in [-0.05, 0) is 19.8 Å². The van der Waals surface area contributed by atoms with Gasteiger partial charge in [-0.25, -0.2) is 0 Å². The Balaban J connectivity index is 3.28. The highest BCUT2D eigenvalue weighted by Gasteiger charge is 2.03. The molecule has 3 N–H and O–H groups in total. The van der Waals surface area contributed by atoms with Crippen molar-refractivity contribution in [2.45, 2.75) is 39.2 Å². The van der Waals surface area contributed by atoms with E-state index in [1.165, 1.54) is 0 Å². The van der Waals surface area contributed by atoms with Crippen LogP contribution in [0.3, 0.4) is 0 Å². The fraction of sp³-hybridized carbons (Fsp3) is 0.900. The number of hydrogen-bond acceptors (Lipinski definition) is 3. The summed E-state index contributed by atoms with van der Waals surface area (Å²) in [6.45, 7) is 5.89. The first-order valence-corrected chi connectivity index (χ1v) is 5.30. The van der Waals surface area contributed by atoms with Crippen molar-refractivity contribution >= 4 is 5.91 Å². The SMILES string of the molecule is CCOCCCC(=O)NCC(N)CC. The van der Waals surface area contributed by atoms with E-state index in [1.807, 2.05) is 13.8 Å². The minimum absolute atomic E-state index is 0.0635. The van der Waals surface area contributed by atoms with Gasteiger partial charge >= 0.3 is 0 Å². The molecule has 0 radical (unpaired) electrons. The van der Waals surface area contributed by atoms with Gasteiger partial charge in [-0.3, -0.25) is 4.79 Å². The molecular weight excluding hydrogens is 180 g/mol. The Hall–Kier alpha value is -0.610. The molecule has 0 saturated carbocycles. The first-order valence-electron chi connectivity index (χ1n) is 5.30. The average molecular weight is 202 g/mol. The van der Waals surface area contributed by atoms with Crippen molar-refractivity contribution in [2.24, 2.45) is 5.73 Å². The number of rotatable bonds is 8. The Labute approximate surface area is 86.2 Å². The fourth-order valence-corrected chi connectivity index (χ4v) is 0.957. The maximum absolute atomic E-state index is 11.2. The van der Waals surface area contributed by atoms with E-state index in [0.29, 0.717) is 26.2 Å². The quantitative estimate of drug-likeness (QED) is 0.568. The van der Waals surface area contributed by atoms with Gasteiger partial charge < -0.3 is 15.8 Å². The predicted octanol–water partition coefficient (Wildman–Crippen LogP) is 0.657. The van der Waals surface area contributed by atoms with Gasteiger partial charge in [-0.15, -0.1) is 0 Å². The molecule has 1 unspecified atom stereocenters. The molecular formula is C10H22N2O2. The lowest BCUT2D eigenvalue weighted by atomic mass is 10.2. The number of amides is 1. The Morgan fingerprint density at radius 3 is 2.79 bits per heavy atom. The number of nitrogens with one attached hydrogen (secondary N) is 1. The van der Waals surface area contributed by atoms with E-state index in [1.54, 1.807) is 0 Å². The highest BCUT2D eigenvalue weighted by atomic mass is 16.5. The molecule has 4 nitrogen and oxygen atoms in total.